The molecule has 0 spiro atoms. The second-order valence-electron chi connectivity index (χ2n) is 7.43. The molecule has 4 rings (SSSR count). The van der Waals surface area contributed by atoms with Gasteiger partial charge in [0.05, 0.1) is 16.3 Å². The van der Waals surface area contributed by atoms with Crippen LogP contribution in [0, 0.1) is 5.82 Å². The SMILES string of the molecule is C[C@H](O)[C@@H](O)c1cnc(N2CCN(C(O)Nc3nc4ccc(Cl)cc4s3)CC2)c(F)c1. The second-order valence-corrected chi connectivity index (χ2v) is 8.90. The van der Waals surface area contributed by atoms with Gasteiger partial charge in [0.2, 0.25) is 0 Å². The molecule has 2 aromatic heterocycles. The van der Waals surface area contributed by atoms with Gasteiger partial charge in [-0.3, -0.25) is 4.90 Å². The minimum atomic E-state index is -1.19. The average molecular weight is 468 g/mol. The van der Waals surface area contributed by atoms with E-state index in [1.54, 1.807) is 11.0 Å². The van der Waals surface area contributed by atoms with E-state index in [1.165, 1.54) is 30.5 Å². The molecule has 1 aliphatic rings. The molecular weight excluding hydrogens is 445 g/mol. The number of halogens is 2. The first kappa shape index (κ1) is 22.1. The number of aromatic nitrogens is 2. The maximum Gasteiger partial charge on any atom is 0.186 e. The standard InChI is InChI=1S/C20H23ClFN5O3S/c1-11(28)17(29)12-8-14(22)18(23-10-12)26-4-6-27(7-5-26)20(30)25-19-24-15-3-2-13(21)9-16(15)31-19/h2-3,8-11,17,20,28-30H,4-7H2,1H3,(H,24,25)/t11-,17+,20?/m0/s1. The number of anilines is 2. The highest BCUT2D eigenvalue weighted by Crippen LogP contribution is 2.29. The van der Waals surface area contributed by atoms with Crippen molar-refractivity contribution >= 4 is 44.1 Å². The molecule has 0 amide bonds. The Kier molecular flexibility index (Phi) is 6.56. The molecule has 31 heavy (non-hydrogen) atoms. The Balaban J connectivity index is 1.36. The number of nitrogens with one attached hydrogen (secondary N) is 1. The number of aliphatic hydroxyl groups excluding tert-OH is 3. The Morgan fingerprint density at radius 1 is 1.16 bits per heavy atom. The first-order chi connectivity index (χ1) is 14.8. The molecule has 0 saturated carbocycles. The number of benzene rings is 1. The van der Waals surface area contributed by atoms with Gasteiger partial charge in [-0.15, -0.1) is 0 Å². The summed E-state index contributed by atoms with van der Waals surface area (Å²) in [7, 11) is 0. The highest BCUT2D eigenvalue weighted by atomic mass is 35.5. The Hall–Kier alpha value is -2.08. The first-order valence-electron chi connectivity index (χ1n) is 9.83. The van der Waals surface area contributed by atoms with Gasteiger partial charge in [-0.25, -0.2) is 14.4 Å². The van der Waals surface area contributed by atoms with Crippen LogP contribution in [0.4, 0.5) is 15.3 Å². The van der Waals surface area contributed by atoms with Gasteiger partial charge in [-0.2, -0.15) is 0 Å². The molecular formula is C20H23ClFN5O3S. The third kappa shape index (κ3) is 4.89. The van der Waals surface area contributed by atoms with Crippen molar-refractivity contribution in [1.29, 1.82) is 0 Å². The van der Waals surface area contributed by atoms with Gasteiger partial charge in [0.1, 0.15) is 6.10 Å². The summed E-state index contributed by atoms with van der Waals surface area (Å²) < 4.78 is 15.5. The van der Waals surface area contributed by atoms with Crippen molar-refractivity contribution in [2.75, 3.05) is 36.4 Å². The van der Waals surface area contributed by atoms with Gasteiger partial charge in [-0.05, 0) is 31.2 Å². The second kappa shape index (κ2) is 9.19. The molecule has 166 valence electrons. The van der Waals surface area contributed by atoms with Crippen LogP contribution in [0.3, 0.4) is 0 Å². The average Bonchev–Trinajstić information content (AvgIpc) is 3.14. The van der Waals surface area contributed by atoms with Crippen LogP contribution in [0.5, 0.6) is 0 Å². The number of aliphatic hydroxyl groups is 3. The minimum absolute atomic E-state index is 0.187. The van der Waals surface area contributed by atoms with E-state index in [2.05, 4.69) is 15.3 Å². The summed E-state index contributed by atoms with van der Waals surface area (Å²) in [5.41, 5.74) is 1.03. The Labute approximate surface area is 187 Å². The largest absolute Gasteiger partial charge is 0.390 e. The van der Waals surface area contributed by atoms with Crippen molar-refractivity contribution < 1.29 is 19.7 Å². The van der Waals surface area contributed by atoms with Crippen molar-refractivity contribution in [3.8, 4) is 0 Å². The van der Waals surface area contributed by atoms with Crippen LogP contribution in [0.2, 0.25) is 5.02 Å². The smallest absolute Gasteiger partial charge is 0.186 e. The summed E-state index contributed by atoms with van der Waals surface area (Å²) in [6.45, 7) is 3.35. The highest BCUT2D eigenvalue weighted by molar-refractivity contribution is 7.22. The molecule has 1 saturated heterocycles. The maximum absolute atomic E-state index is 14.5. The Morgan fingerprint density at radius 3 is 2.58 bits per heavy atom. The molecule has 1 aliphatic heterocycles. The van der Waals surface area contributed by atoms with Gasteiger partial charge in [0.15, 0.2) is 23.1 Å². The molecule has 8 nitrogen and oxygen atoms in total. The quantitative estimate of drug-likeness (QED) is 0.410. The van der Waals surface area contributed by atoms with Crippen molar-refractivity contribution in [1.82, 2.24) is 14.9 Å². The lowest BCUT2D eigenvalue weighted by Crippen LogP contribution is -2.53. The molecule has 0 aliphatic carbocycles. The number of pyridine rings is 1. The summed E-state index contributed by atoms with van der Waals surface area (Å²) in [6.07, 6.45) is -1.76. The van der Waals surface area contributed by atoms with Crippen molar-refractivity contribution in [3.05, 3.63) is 46.9 Å². The summed E-state index contributed by atoms with van der Waals surface area (Å²) in [5.74, 6) is -0.371. The number of thiazole rings is 1. The van der Waals surface area contributed by atoms with E-state index < -0.39 is 24.4 Å². The number of hydrogen-bond acceptors (Lipinski definition) is 9. The molecule has 4 N–H and O–H groups in total. The molecule has 11 heteroatoms. The fourth-order valence-corrected chi connectivity index (χ4v) is 4.62. The molecule has 0 radical (unpaired) electrons. The number of fused-ring (bicyclic) bond motifs is 1. The topological polar surface area (TPSA) is 105 Å². The van der Waals surface area contributed by atoms with Gasteiger partial charge in [0.25, 0.3) is 0 Å². The van der Waals surface area contributed by atoms with Crippen molar-refractivity contribution in [2.45, 2.75) is 25.5 Å². The first-order valence-corrected chi connectivity index (χ1v) is 11.0. The van der Waals surface area contributed by atoms with Crippen molar-refractivity contribution in [2.24, 2.45) is 0 Å². The molecule has 3 heterocycles. The summed E-state index contributed by atoms with van der Waals surface area (Å²) in [4.78, 5) is 12.2. The van der Waals surface area contributed by atoms with Crippen LogP contribution in [-0.2, 0) is 0 Å². The number of rotatable bonds is 6. The van der Waals surface area contributed by atoms with Crippen molar-refractivity contribution in [3.63, 3.8) is 0 Å². The molecule has 3 atom stereocenters. The van der Waals surface area contributed by atoms with Gasteiger partial charge in [0, 0.05) is 43.0 Å². The summed E-state index contributed by atoms with van der Waals surface area (Å²) >= 11 is 7.42. The van der Waals surface area contributed by atoms with Crippen LogP contribution >= 0.6 is 22.9 Å². The lowest BCUT2D eigenvalue weighted by atomic mass is 10.1. The molecule has 1 unspecified atom stereocenters. The number of piperazine rings is 1. The summed E-state index contributed by atoms with van der Waals surface area (Å²) in [6, 6.07) is 6.63. The fourth-order valence-electron chi connectivity index (χ4n) is 3.46. The molecule has 3 aromatic rings. The zero-order valence-electron chi connectivity index (χ0n) is 16.7. The highest BCUT2D eigenvalue weighted by Gasteiger charge is 2.26. The van der Waals surface area contributed by atoms with Crippen LogP contribution in [0.1, 0.15) is 18.6 Å². The predicted octanol–water partition coefficient (Wildman–Crippen LogP) is 2.41. The Morgan fingerprint density at radius 2 is 1.90 bits per heavy atom. The molecule has 1 fully saturated rings. The Bertz CT molecular complexity index is 1060. The van der Waals surface area contributed by atoms with Gasteiger partial charge >= 0.3 is 0 Å². The van der Waals surface area contributed by atoms with E-state index in [9.17, 15) is 19.7 Å². The number of hydrogen-bond donors (Lipinski definition) is 4. The fraction of sp³-hybridized carbons (Fsp3) is 0.400. The zero-order valence-corrected chi connectivity index (χ0v) is 18.3. The third-order valence-corrected chi connectivity index (χ3v) is 6.39. The monoisotopic (exact) mass is 467 g/mol. The lowest BCUT2D eigenvalue weighted by Gasteiger charge is -2.37. The van der Waals surface area contributed by atoms with Crippen LogP contribution in [-0.4, -0.2) is 68.8 Å². The lowest BCUT2D eigenvalue weighted by molar-refractivity contribution is 0.0223. The van der Waals surface area contributed by atoms with Gasteiger partial charge < -0.3 is 25.5 Å². The van der Waals surface area contributed by atoms with Crippen LogP contribution in [0.25, 0.3) is 10.2 Å². The molecule has 1 aromatic carbocycles. The van der Waals surface area contributed by atoms with Crippen LogP contribution < -0.4 is 10.2 Å². The predicted molar refractivity (Wildman–Crippen MR) is 119 cm³/mol. The summed E-state index contributed by atoms with van der Waals surface area (Å²) in [5, 5.41) is 34.1. The van der Waals surface area contributed by atoms with E-state index >= 15 is 0 Å². The third-order valence-electron chi connectivity index (χ3n) is 5.20. The minimum Gasteiger partial charge on any atom is -0.390 e. The zero-order chi connectivity index (χ0) is 22.1. The molecule has 0 bridgehead atoms. The van der Waals surface area contributed by atoms with E-state index in [0.717, 1.165) is 10.2 Å². The van der Waals surface area contributed by atoms with E-state index in [0.29, 0.717) is 36.3 Å². The van der Waals surface area contributed by atoms with Gasteiger partial charge in [-0.1, -0.05) is 22.9 Å². The van der Waals surface area contributed by atoms with E-state index in [1.807, 2.05) is 17.0 Å². The van der Waals surface area contributed by atoms with Crippen LogP contribution in [0.15, 0.2) is 30.5 Å². The normalized spacial score (nSPS) is 18.2. The van der Waals surface area contributed by atoms with E-state index in [4.69, 9.17) is 11.6 Å². The number of nitrogens with zero attached hydrogens (tertiary/aromatic N) is 4. The maximum atomic E-state index is 14.5. The van der Waals surface area contributed by atoms with E-state index in [-0.39, 0.29) is 11.4 Å².